The van der Waals surface area contributed by atoms with Crippen LogP contribution < -0.4 is 4.90 Å². The number of rotatable bonds is 1. The van der Waals surface area contributed by atoms with Crippen molar-refractivity contribution in [2.24, 2.45) is 0 Å². The summed E-state index contributed by atoms with van der Waals surface area (Å²) >= 11 is 0. The molecule has 110 valence electrons. The van der Waals surface area contributed by atoms with Crippen molar-refractivity contribution in [3.8, 4) is 0 Å². The highest BCUT2D eigenvalue weighted by atomic mass is 16.5. The number of hydrogen-bond donors (Lipinski definition) is 0. The molecule has 1 aromatic rings. The molecule has 0 saturated carbocycles. The lowest BCUT2D eigenvalue weighted by atomic mass is 10.1. The molecule has 1 fully saturated rings. The maximum Gasteiger partial charge on any atom is 0.397 e. The van der Waals surface area contributed by atoms with E-state index >= 15 is 0 Å². The summed E-state index contributed by atoms with van der Waals surface area (Å²) in [5, 5.41) is 0. The SMILES string of the molecule is CCOC(=O)C(=O)N1c2ccccc2CN2C(=O)CCC21. The molecular weight excluding hydrogens is 272 g/mol. The van der Waals surface area contributed by atoms with Gasteiger partial charge in [0, 0.05) is 13.0 Å². The predicted molar refractivity (Wildman–Crippen MR) is 74.1 cm³/mol. The van der Waals surface area contributed by atoms with Gasteiger partial charge in [0.1, 0.15) is 6.17 Å². The topological polar surface area (TPSA) is 66.9 Å². The van der Waals surface area contributed by atoms with E-state index in [1.165, 1.54) is 4.90 Å². The van der Waals surface area contributed by atoms with Crippen molar-refractivity contribution in [2.45, 2.75) is 32.5 Å². The molecule has 0 bridgehead atoms. The molecule has 2 amide bonds. The molecule has 0 N–H and O–H groups in total. The van der Waals surface area contributed by atoms with E-state index < -0.39 is 11.9 Å². The molecule has 2 aliphatic heterocycles. The van der Waals surface area contributed by atoms with Crippen molar-refractivity contribution in [1.82, 2.24) is 4.90 Å². The molecule has 1 unspecified atom stereocenters. The van der Waals surface area contributed by atoms with Crippen molar-refractivity contribution < 1.29 is 19.1 Å². The van der Waals surface area contributed by atoms with Gasteiger partial charge in [0.2, 0.25) is 5.91 Å². The third-order valence-electron chi connectivity index (χ3n) is 3.86. The lowest BCUT2D eigenvalue weighted by molar-refractivity contribution is -0.154. The maximum absolute atomic E-state index is 12.4. The fourth-order valence-electron chi connectivity index (χ4n) is 2.94. The normalized spacial score (nSPS) is 20.0. The second-order valence-electron chi connectivity index (χ2n) is 5.07. The number of ether oxygens (including phenoxy) is 1. The highest BCUT2D eigenvalue weighted by Gasteiger charge is 2.44. The number of anilines is 1. The van der Waals surface area contributed by atoms with Gasteiger partial charge in [-0.05, 0) is 25.0 Å². The van der Waals surface area contributed by atoms with Gasteiger partial charge >= 0.3 is 11.9 Å². The summed E-state index contributed by atoms with van der Waals surface area (Å²) in [6, 6.07) is 7.33. The third kappa shape index (κ3) is 2.16. The molecular formula is C15H16N2O4. The van der Waals surface area contributed by atoms with Gasteiger partial charge in [-0.1, -0.05) is 18.2 Å². The van der Waals surface area contributed by atoms with E-state index in [0.29, 0.717) is 25.1 Å². The Morgan fingerprint density at radius 1 is 1.33 bits per heavy atom. The Balaban J connectivity index is 2.01. The van der Waals surface area contributed by atoms with E-state index in [2.05, 4.69) is 0 Å². The molecule has 3 rings (SSSR count). The number of esters is 1. The van der Waals surface area contributed by atoms with Crippen LogP contribution in [-0.4, -0.2) is 35.5 Å². The smallest absolute Gasteiger partial charge is 0.397 e. The second kappa shape index (κ2) is 5.20. The first kappa shape index (κ1) is 13.6. The number of carbonyl (C=O) groups is 3. The van der Waals surface area contributed by atoms with Crippen LogP contribution in [-0.2, 0) is 25.7 Å². The van der Waals surface area contributed by atoms with Crippen molar-refractivity contribution in [3.63, 3.8) is 0 Å². The summed E-state index contributed by atoms with van der Waals surface area (Å²) in [6.07, 6.45) is 0.549. The van der Waals surface area contributed by atoms with Gasteiger partial charge < -0.3 is 9.64 Å². The summed E-state index contributed by atoms with van der Waals surface area (Å²) in [4.78, 5) is 39.2. The first-order valence-corrected chi connectivity index (χ1v) is 7.01. The van der Waals surface area contributed by atoms with Gasteiger partial charge in [-0.25, -0.2) is 4.79 Å². The Labute approximate surface area is 122 Å². The van der Waals surface area contributed by atoms with Crippen LogP contribution in [0.15, 0.2) is 24.3 Å². The summed E-state index contributed by atoms with van der Waals surface area (Å²) in [5.74, 6) is -1.58. The molecule has 0 spiro atoms. The van der Waals surface area contributed by atoms with Crippen LogP contribution >= 0.6 is 0 Å². The summed E-state index contributed by atoms with van der Waals surface area (Å²) < 4.78 is 4.81. The molecule has 1 saturated heterocycles. The molecule has 1 atom stereocenters. The molecule has 6 nitrogen and oxygen atoms in total. The Morgan fingerprint density at radius 2 is 2.10 bits per heavy atom. The van der Waals surface area contributed by atoms with Crippen molar-refractivity contribution in [1.29, 1.82) is 0 Å². The first-order valence-electron chi connectivity index (χ1n) is 7.01. The summed E-state index contributed by atoms with van der Waals surface area (Å²) in [6.45, 7) is 2.28. The minimum Gasteiger partial charge on any atom is -0.459 e. The fourth-order valence-corrected chi connectivity index (χ4v) is 2.94. The molecule has 0 aromatic heterocycles. The molecule has 0 radical (unpaired) electrons. The number of hydrogen-bond acceptors (Lipinski definition) is 4. The van der Waals surface area contributed by atoms with Crippen LogP contribution in [0.1, 0.15) is 25.3 Å². The van der Waals surface area contributed by atoms with Gasteiger partial charge in [-0.3, -0.25) is 14.5 Å². The Morgan fingerprint density at radius 3 is 2.86 bits per heavy atom. The maximum atomic E-state index is 12.4. The lowest BCUT2D eigenvalue weighted by Crippen LogP contribution is -2.54. The number of carbonyl (C=O) groups excluding carboxylic acids is 3. The van der Waals surface area contributed by atoms with E-state index in [-0.39, 0.29) is 18.7 Å². The van der Waals surface area contributed by atoms with Crippen LogP contribution in [0.25, 0.3) is 0 Å². The van der Waals surface area contributed by atoms with Crippen LogP contribution in [0.3, 0.4) is 0 Å². The minimum absolute atomic E-state index is 0.0103. The van der Waals surface area contributed by atoms with E-state index in [4.69, 9.17) is 4.74 Å². The molecule has 6 heteroatoms. The molecule has 1 aromatic carbocycles. The van der Waals surface area contributed by atoms with E-state index in [1.54, 1.807) is 17.9 Å². The Bertz CT molecular complexity index is 613. The zero-order valence-electron chi connectivity index (χ0n) is 11.7. The second-order valence-corrected chi connectivity index (χ2v) is 5.07. The van der Waals surface area contributed by atoms with Gasteiger partial charge in [0.05, 0.1) is 12.3 Å². The van der Waals surface area contributed by atoms with E-state index in [9.17, 15) is 14.4 Å². The van der Waals surface area contributed by atoms with Gasteiger partial charge in [-0.15, -0.1) is 0 Å². The van der Waals surface area contributed by atoms with Crippen LogP contribution in [0.4, 0.5) is 5.69 Å². The molecule has 21 heavy (non-hydrogen) atoms. The average molecular weight is 288 g/mol. The van der Waals surface area contributed by atoms with Gasteiger partial charge in [-0.2, -0.15) is 0 Å². The van der Waals surface area contributed by atoms with Crippen molar-refractivity contribution in [3.05, 3.63) is 29.8 Å². The van der Waals surface area contributed by atoms with Crippen LogP contribution in [0.2, 0.25) is 0 Å². The minimum atomic E-state index is -0.881. The monoisotopic (exact) mass is 288 g/mol. The van der Waals surface area contributed by atoms with Crippen LogP contribution in [0.5, 0.6) is 0 Å². The van der Waals surface area contributed by atoms with Crippen molar-refractivity contribution in [2.75, 3.05) is 11.5 Å². The highest BCUT2D eigenvalue weighted by molar-refractivity contribution is 6.38. The Kier molecular flexibility index (Phi) is 3.37. The standard InChI is InChI=1S/C15H16N2O4/c1-2-21-15(20)14(19)17-11-6-4-3-5-10(11)9-16-12(17)7-8-13(16)18/h3-6,12H,2,7-9H2,1H3. The zero-order valence-corrected chi connectivity index (χ0v) is 11.7. The average Bonchev–Trinajstić information content (AvgIpc) is 2.85. The number of fused-ring (bicyclic) bond motifs is 2. The Hall–Kier alpha value is -2.37. The first-order chi connectivity index (χ1) is 10.1. The quantitative estimate of drug-likeness (QED) is 0.572. The molecule has 2 heterocycles. The number of amides is 2. The fraction of sp³-hybridized carbons (Fsp3) is 0.400. The third-order valence-corrected chi connectivity index (χ3v) is 3.86. The molecule has 0 aliphatic carbocycles. The van der Waals surface area contributed by atoms with E-state index in [0.717, 1.165) is 5.56 Å². The van der Waals surface area contributed by atoms with Gasteiger partial charge in [0.15, 0.2) is 0 Å². The van der Waals surface area contributed by atoms with Crippen molar-refractivity contribution >= 4 is 23.5 Å². The molecule has 2 aliphatic rings. The summed E-state index contributed by atoms with van der Waals surface area (Å²) in [5.41, 5.74) is 1.55. The lowest BCUT2D eigenvalue weighted by Gasteiger charge is -2.40. The number of benzene rings is 1. The predicted octanol–water partition coefficient (Wildman–Crippen LogP) is 1.04. The largest absolute Gasteiger partial charge is 0.459 e. The summed E-state index contributed by atoms with van der Waals surface area (Å²) in [7, 11) is 0. The number of nitrogens with zero attached hydrogens (tertiary/aromatic N) is 2. The highest BCUT2D eigenvalue weighted by Crippen LogP contribution is 2.36. The van der Waals surface area contributed by atoms with Gasteiger partial charge in [0.25, 0.3) is 0 Å². The van der Waals surface area contributed by atoms with E-state index in [1.807, 2.05) is 18.2 Å². The van der Waals surface area contributed by atoms with Crippen LogP contribution in [0, 0.1) is 0 Å². The zero-order chi connectivity index (χ0) is 15.0. The number of para-hydroxylation sites is 1.